The molecule has 2 nitrogen and oxygen atoms in total. The third kappa shape index (κ3) is 1.61. The van der Waals surface area contributed by atoms with E-state index in [1.807, 2.05) is 6.26 Å². The van der Waals surface area contributed by atoms with Gasteiger partial charge in [-0.05, 0) is 24.3 Å². The first-order valence-corrected chi connectivity index (χ1v) is 4.37. The Labute approximate surface area is 58.6 Å². The molecule has 1 fully saturated rings. The zero-order valence-corrected chi connectivity index (χ0v) is 6.15. The molecule has 0 spiro atoms. The highest BCUT2D eigenvalue weighted by atomic mass is 32.2. The van der Waals surface area contributed by atoms with E-state index in [1.165, 1.54) is 0 Å². The summed E-state index contributed by atoms with van der Waals surface area (Å²) in [4.78, 5) is 10.2. The van der Waals surface area contributed by atoms with E-state index in [9.17, 15) is 4.79 Å². The predicted molar refractivity (Wildman–Crippen MR) is 37.6 cm³/mol. The van der Waals surface area contributed by atoms with Crippen LogP contribution in [0, 0.1) is 11.8 Å². The maximum absolute atomic E-state index is 10.2. The molecular formula is C6H10O2S. The van der Waals surface area contributed by atoms with Crippen molar-refractivity contribution in [1.29, 1.82) is 0 Å². The van der Waals surface area contributed by atoms with Gasteiger partial charge in [0.05, 0.1) is 5.92 Å². The Bertz CT molecular complexity index is 124. The normalized spacial score (nSPS) is 32.1. The molecule has 0 aromatic rings. The van der Waals surface area contributed by atoms with Gasteiger partial charge in [0.1, 0.15) is 0 Å². The minimum Gasteiger partial charge on any atom is -0.481 e. The molecule has 3 heteroatoms. The monoisotopic (exact) mass is 146 g/mol. The molecule has 0 saturated heterocycles. The Hall–Kier alpha value is -0.180. The van der Waals surface area contributed by atoms with E-state index in [-0.39, 0.29) is 5.92 Å². The summed E-state index contributed by atoms with van der Waals surface area (Å²) in [6.07, 6.45) is 2.91. The number of aliphatic carboxylic acids is 1. The van der Waals surface area contributed by atoms with E-state index in [0.717, 1.165) is 12.2 Å². The summed E-state index contributed by atoms with van der Waals surface area (Å²) in [6, 6.07) is 0. The Balaban J connectivity index is 2.17. The lowest BCUT2D eigenvalue weighted by molar-refractivity contribution is -0.138. The summed E-state index contributed by atoms with van der Waals surface area (Å²) < 4.78 is 0. The molecular weight excluding hydrogens is 136 g/mol. The second-order valence-electron chi connectivity index (χ2n) is 2.40. The minimum absolute atomic E-state index is 0.0163. The first-order chi connectivity index (χ1) is 4.25. The fourth-order valence-corrected chi connectivity index (χ4v) is 1.74. The van der Waals surface area contributed by atoms with Crippen LogP contribution in [0.3, 0.4) is 0 Å². The van der Waals surface area contributed by atoms with Gasteiger partial charge in [-0.1, -0.05) is 0 Å². The second-order valence-corrected chi connectivity index (χ2v) is 3.31. The molecule has 1 aliphatic rings. The van der Waals surface area contributed by atoms with Gasteiger partial charge >= 0.3 is 5.97 Å². The van der Waals surface area contributed by atoms with Crippen LogP contribution in [0.15, 0.2) is 0 Å². The van der Waals surface area contributed by atoms with Gasteiger partial charge in [0.2, 0.25) is 0 Å². The standard InChI is InChI=1S/C6H10O2S/c1-9-3-4-2-5(4)6(7)8/h4-5H,2-3H2,1H3,(H,7,8)/t4-,5-/m1/s1. The van der Waals surface area contributed by atoms with Gasteiger partial charge in [0.15, 0.2) is 0 Å². The van der Waals surface area contributed by atoms with Gasteiger partial charge in [-0.25, -0.2) is 0 Å². The molecule has 52 valence electrons. The van der Waals surface area contributed by atoms with Gasteiger partial charge in [-0.3, -0.25) is 4.79 Å². The van der Waals surface area contributed by atoms with Crippen LogP contribution in [0.2, 0.25) is 0 Å². The van der Waals surface area contributed by atoms with E-state index in [1.54, 1.807) is 11.8 Å². The molecule has 9 heavy (non-hydrogen) atoms. The smallest absolute Gasteiger partial charge is 0.306 e. The third-order valence-electron chi connectivity index (χ3n) is 1.62. The fourth-order valence-electron chi connectivity index (χ4n) is 0.948. The number of carboxylic acid groups (broad SMARTS) is 1. The van der Waals surface area contributed by atoms with Crippen molar-refractivity contribution in [2.45, 2.75) is 6.42 Å². The molecule has 0 bridgehead atoms. The summed E-state index contributed by atoms with van der Waals surface area (Å²) in [5.74, 6) is 0.848. The van der Waals surface area contributed by atoms with Crippen molar-refractivity contribution >= 4 is 17.7 Å². The molecule has 0 aliphatic heterocycles. The lowest BCUT2D eigenvalue weighted by Crippen LogP contribution is -2.00. The lowest BCUT2D eigenvalue weighted by atomic mass is 10.3. The van der Waals surface area contributed by atoms with Crippen LogP contribution < -0.4 is 0 Å². The second kappa shape index (κ2) is 2.60. The van der Waals surface area contributed by atoms with Crippen LogP contribution in [0.1, 0.15) is 6.42 Å². The average molecular weight is 146 g/mol. The van der Waals surface area contributed by atoms with E-state index >= 15 is 0 Å². The Morgan fingerprint density at radius 1 is 1.89 bits per heavy atom. The van der Waals surface area contributed by atoms with Crippen LogP contribution in [0.5, 0.6) is 0 Å². The van der Waals surface area contributed by atoms with Crippen LogP contribution in [0.25, 0.3) is 0 Å². The number of hydrogen-bond acceptors (Lipinski definition) is 2. The van der Waals surface area contributed by atoms with Crippen molar-refractivity contribution < 1.29 is 9.90 Å². The first-order valence-electron chi connectivity index (χ1n) is 2.97. The molecule has 1 saturated carbocycles. The van der Waals surface area contributed by atoms with E-state index < -0.39 is 5.97 Å². The lowest BCUT2D eigenvalue weighted by Gasteiger charge is -1.89. The maximum Gasteiger partial charge on any atom is 0.306 e. The van der Waals surface area contributed by atoms with Crippen LogP contribution in [0.4, 0.5) is 0 Å². The zero-order valence-electron chi connectivity index (χ0n) is 5.33. The summed E-state index contributed by atoms with van der Waals surface area (Å²) in [6.45, 7) is 0. The largest absolute Gasteiger partial charge is 0.481 e. The Kier molecular flexibility index (Phi) is 2.01. The predicted octanol–water partition coefficient (Wildman–Crippen LogP) is 1.07. The van der Waals surface area contributed by atoms with Crippen molar-refractivity contribution in [3.63, 3.8) is 0 Å². The van der Waals surface area contributed by atoms with Gasteiger partial charge in [-0.2, -0.15) is 11.8 Å². The molecule has 0 heterocycles. The molecule has 0 aromatic heterocycles. The number of carboxylic acids is 1. The average Bonchev–Trinajstić information content (AvgIpc) is 2.47. The van der Waals surface area contributed by atoms with Crippen LogP contribution in [-0.2, 0) is 4.79 Å². The summed E-state index contributed by atoms with van der Waals surface area (Å²) in [5, 5.41) is 8.44. The molecule has 1 rings (SSSR count). The number of hydrogen-bond donors (Lipinski definition) is 1. The van der Waals surface area contributed by atoms with Gasteiger partial charge < -0.3 is 5.11 Å². The number of rotatable bonds is 3. The molecule has 0 radical (unpaired) electrons. The molecule has 2 atom stereocenters. The molecule has 1 N–H and O–H groups in total. The van der Waals surface area contributed by atoms with E-state index in [4.69, 9.17) is 5.11 Å². The SMILES string of the molecule is CSC[C@H]1C[C@H]1C(=O)O. The highest BCUT2D eigenvalue weighted by molar-refractivity contribution is 7.98. The van der Waals surface area contributed by atoms with Crippen molar-refractivity contribution in [3.05, 3.63) is 0 Å². The highest BCUT2D eigenvalue weighted by Gasteiger charge is 2.42. The first kappa shape index (κ1) is 6.93. The van der Waals surface area contributed by atoms with Crippen molar-refractivity contribution in [1.82, 2.24) is 0 Å². The van der Waals surface area contributed by atoms with E-state index in [2.05, 4.69) is 0 Å². The third-order valence-corrected chi connectivity index (χ3v) is 2.38. The van der Waals surface area contributed by atoms with Gasteiger partial charge in [0, 0.05) is 0 Å². The number of carbonyl (C=O) groups is 1. The Morgan fingerprint density at radius 2 is 2.56 bits per heavy atom. The fraction of sp³-hybridized carbons (Fsp3) is 0.833. The molecule has 1 aliphatic carbocycles. The molecule has 0 unspecified atom stereocenters. The highest BCUT2D eigenvalue weighted by Crippen LogP contribution is 2.40. The van der Waals surface area contributed by atoms with Crippen LogP contribution in [-0.4, -0.2) is 23.1 Å². The molecule has 0 amide bonds. The van der Waals surface area contributed by atoms with Gasteiger partial charge in [0.25, 0.3) is 0 Å². The van der Waals surface area contributed by atoms with Gasteiger partial charge in [-0.15, -0.1) is 0 Å². The quantitative estimate of drug-likeness (QED) is 0.647. The molecule has 0 aromatic carbocycles. The minimum atomic E-state index is -0.617. The summed E-state index contributed by atoms with van der Waals surface area (Å²) in [7, 11) is 0. The zero-order chi connectivity index (χ0) is 6.85. The summed E-state index contributed by atoms with van der Waals surface area (Å²) in [5.41, 5.74) is 0. The topological polar surface area (TPSA) is 37.3 Å². The van der Waals surface area contributed by atoms with Crippen molar-refractivity contribution in [2.75, 3.05) is 12.0 Å². The number of thioether (sulfide) groups is 1. The maximum atomic E-state index is 10.2. The van der Waals surface area contributed by atoms with Crippen molar-refractivity contribution in [2.24, 2.45) is 11.8 Å². The summed E-state index contributed by atoms with van der Waals surface area (Å²) >= 11 is 1.73. The van der Waals surface area contributed by atoms with E-state index in [0.29, 0.717) is 5.92 Å². The Morgan fingerprint density at radius 3 is 2.89 bits per heavy atom. The van der Waals surface area contributed by atoms with Crippen LogP contribution >= 0.6 is 11.8 Å². The van der Waals surface area contributed by atoms with Crippen molar-refractivity contribution in [3.8, 4) is 0 Å².